The Bertz CT molecular complexity index is 303. The molecule has 6 heteroatoms. The summed E-state index contributed by atoms with van der Waals surface area (Å²) in [4.78, 5) is 10.4. The average Bonchev–Trinajstić information content (AvgIpc) is 2.05. The summed E-state index contributed by atoms with van der Waals surface area (Å²) in [6.07, 6.45) is 0. The molecule has 1 rings (SSSR count). The fourth-order valence-corrected chi connectivity index (χ4v) is 0.858. The molecule has 0 aromatic heterocycles. The van der Waals surface area contributed by atoms with Crippen LogP contribution in [0.2, 0.25) is 0 Å². The van der Waals surface area contributed by atoms with Gasteiger partial charge in [0, 0.05) is 22.4 Å². The number of aliphatic carboxylic acids is 1. The molecule has 0 aliphatic rings. The first-order chi connectivity index (χ1) is 6.02. The van der Waals surface area contributed by atoms with E-state index in [1.54, 1.807) is 30.3 Å². The second kappa shape index (κ2) is 5.63. The molecule has 0 saturated heterocycles. The summed E-state index contributed by atoms with van der Waals surface area (Å²) in [5, 5.41) is 8.51. The van der Waals surface area contributed by atoms with Gasteiger partial charge < -0.3 is 9.84 Å². The minimum absolute atomic E-state index is 0. The number of carboxylic acids is 1. The second-order valence-electron chi connectivity index (χ2n) is 2.24. The van der Waals surface area contributed by atoms with Crippen LogP contribution >= 0.6 is 23.2 Å². The summed E-state index contributed by atoms with van der Waals surface area (Å²) in [6.45, 7) is 0. The minimum atomic E-state index is -2.23. The summed E-state index contributed by atoms with van der Waals surface area (Å²) >= 11 is 10.7. The number of rotatable bonds is 3. The van der Waals surface area contributed by atoms with Gasteiger partial charge >= 0.3 is 10.5 Å². The van der Waals surface area contributed by atoms with Crippen LogP contribution in [0.15, 0.2) is 30.3 Å². The quantitative estimate of drug-likeness (QED) is 0.606. The summed E-state index contributed by atoms with van der Waals surface area (Å²) in [6, 6.07) is 8.24. The van der Waals surface area contributed by atoms with E-state index in [2.05, 4.69) is 0 Å². The topological polar surface area (TPSA) is 46.5 Å². The van der Waals surface area contributed by atoms with Crippen molar-refractivity contribution >= 4 is 29.2 Å². The van der Waals surface area contributed by atoms with E-state index in [-0.39, 0.29) is 22.4 Å². The Morgan fingerprint density at radius 1 is 1.29 bits per heavy atom. The number of hydrogen-bond donors (Lipinski definition) is 1. The third kappa shape index (κ3) is 3.90. The van der Waals surface area contributed by atoms with Crippen molar-refractivity contribution < 1.29 is 37.0 Å². The summed E-state index contributed by atoms with van der Waals surface area (Å²) in [7, 11) is 0. The van der Waals surface area contributed by atoms with Gasteiger partial charge in [0.25, 0.3) is 0 Å². The average molecular weight is 418 g/mol. The fourth-order valence-electron chi connectivity index (χ4n) is 0.680. The number of hydrogen-bond acceptors (Lipinski definition) is 2. The Kier molecular flexibility index (Phi) is 5.56. The second-order valence-corrected chi connectivity index (χ2v) is 3.50. The van der Waals surface area contributed by atoms with Crippen molar-refractivity contribution in [1.82, 2.24) is 0 Å². The third-order valence-electron chi connectivity index (χ3n) is 1.24. The molecule has 1 aromatic carbocycles. The molecule has 14 heavy (non-hydrogen) atoms. The molecule has 3 nitrogen and oxygen atoms in total. The molecule has 81 valence electrons. The molecule has 1 radical (unpaired) electrons. The number of alkyl halides is 2. The maximum atomic E-state index is 10.4. The number of halogens is 2. The Morgan fingerprint density at radius 3 is 2.21 bits per heavy atom. The molecule has 0 bridgehead atoms. The van der Waals surface area contributed by atoms with Crippen molar-refractivity contribution in [1.29, 1.82) is 0 Å². The largest absolute Gasteiger partial charge is 0.476 e. The Balaban J connectivity index is 0.00000169. The Hall–Kier alpha value is -0.190. The van der Waals surface area contributed by atoms with E-state index < -0.39 is 10.5 Å². The molecule has 0 amide bonds. The molecule has 0 fully saturated rings. The van der Waals surface area contributed by atoms with Gasteiger partial charge in [-0.1, -0.05) is 18.2 Å². The zero-order valence-corrected chi connectivity index (χ0v) is 10.4. The van der Waals surface area contributed by atoms with Crippen LogP contribution in [0.1, 0.15) is 0 Å². The van der Waals surface area contributed by atoms with Gasteiger partial charge in [0.05, 0.1) is 0 Å². The van der Waals surface area contributed by atoms with Gasteiger partial charge in [-0.2, -0.15) is 0 Å². The summed E-state index contributed by atoms with van der Waals surface area (Å²) in [5.41, 5.74) is 0. The maximum absolute atomic E-state index is 10.4. The van der Waals surface area contributed by atoms with Gasteiger partial charge in [0.15, 0.2) is 0 Å². The fraction of sp³-hybridized carbons (Fsp3) is 0.125. The molecule has 0 atom stereocenters. The van der Waals surface area contributed by atoms with Gasteiger partial charge in [0.2, 0.25) is 0 Å². The predicted molar refractivity (Wildman–Crippen MR) is 49.1 cm³/mol. The number of benzene rings is 1. The molecule has 1 N–H and O–H groups in total. The van der Waals surface area contributed by atoms with Crippen LogP contribution in [0.4, 0.5) is 0 Å². The smallest absolute Gasteiger partial charge is 0.381 e. The van der Waals surface area contributed by atoms with Crippen molar-refractivity contribution in [3.05, 3.63) is 30.3 Å². The van der Waals surface area contributed by atoms with Crippen molar-refractivity contribution in [2.24, 2.45) is 0 Å². The van der Waals surface area contributed by atoms with Crippen LogP contribution in [-0.4, -0.2) is 15.6 Å². The van der Waals surface area contributed by atoms with Gasteiger partial charge in [-0.25, -0.2) is 4.79 Å². The maximum Gasteiger partial charge on any atom is 0.381 e. The molecule has 0 aliphatic heterocycles. The number of carboxylic acid groups (broad SMARTS) is 1. The van der Waals surface area contributed by atoms with Gasteiger partial charge in [0.1, 0.15) is 5.75 Å². The summed E-state index contributed by atoms with van der Waals surface area (Å²) in [5.74, 6) is -1.14. The molecule has 0 unspecified atom stereocenters. The van der Waals surface area contributed by atoms with Gasteiger partial charge in [-0.15, -0.1) is 0 Å². The monoisotopic (exact) mass is 417 g/mol. The van der Waals surface area contributed by atoms with Crippen LogP contribution in [0.25, 0.3) is 0 Å². The van der Waals surface area contributed by atoms with Crippen molar-refractivity contribution in [2.45, 2.75) is 4.52 Å². The Morgan fingerprint density at radius 2 is 1.79 bits per heavy atom. The van der Waals surface area contributed by atoms with Crippen LogP contribution < -0.4 is 4.74 Å². The van der Waals surface area contributed by atoms with E-state index >= 15 is 0 Å². The van der Waals surface area contributed by atoms with Crippen molar-refractivity contribution in [3.63, 3.8) is 0 Å². The summed E-state index contributed by atoms with van der Waals surface area (Å²) < 4.78 is 2.56. The van der Waals surface area contributed by atoms with Crippen molar-refractivity contribution in [3.8, 4) is 5.75 Å². The Labute approximate surface area is 106 Å². The number of ether oxygens (including phenoxy) is 1. The molecule has 0 saturated carbocycles. The molecule has 0 heterocycles. The van der Waals surface area contributed by atoms with Crippen LogP contribution in [0.5, 0.6) is 5.75 Å². The molecular weight excluding hydrogens is 412 g/mol. The predicted octanol–water partition coefficient (Wildman–Crippen LogP) is 2.28. The molecule has 0 aliphatic carbocycles. The third-order valence-corrected chi connectivity index (χ3v) is 1.72. The first-order valence-electron chi connectivity index (χ1n) is 3.37. The minimum Gasteiger partial charge on any atom is -0.476 e. The normalized spacial score (nSPS) is 10.1. The van der Waals surface area contributed by atoms with Gasteiger partial charge in [-0.05, 0) is 35.3 Å². The van der Waals surface area contributed by atoms with E-state index in [1.165, 1.54) is 0 Å². The van der Waals surface area contributed by atoms with Crippen LogP contribution in [0.3, 0.4) is 0 Å². The van der Waals surface area contributed by atoms with E-state index in [0.717, 1.165) is 0 Å². The van der Waals surface area contributed by atoms with E-state index in [0.29, 0.717) is 5.75 Å². The standard InChI is InChI=1S/C8H6Cl2O3.Au/c9-8(10,7(11)12)13-6-4-2-1-3-5-6;/h1-5H,(H,11,12);. The molecular formula is C8H6AuCl2O3. The van der Waals surface area contributed by atoms with Crippen LogP contribution in [-0.2, 0) is 27.2 Å². The molecule has 1 aromatic rings. The van der Waals surface area contributed by atoms with E-state index in [9.17, 15) is 4.79 Å². The van der Waals surface area contributed by atoms with Gasteiger partial charge in [-0.3, -0.25) is 0 Å². The number of carbonyl (C=O) groups is 1. The van der Waals surface area contributed by atoms with E-state index in [1.807, 2.05) is 0 Å². The SMILES string of the molecule is O=C(O)C(Cl)(Cl)Oc1ccccc1.[Au]. The number of para-hydroxylation sites is 1. The van der Waals surface area contributed by atoms with Crippen LogP contribution in [0, 0.1) is 0 Å². The van der Waals surface area contributed by atoms with E-state index in [4.69, 9.17) is 33.0 Å². The first kappa shape index (κ1) is 13.8. The zero-order valence-electron chi connectivity index (χ0n) is 6.71. The van der Waals surface area contributed by atoms with Crippen molar-refractivity contribution in [2.75, 3.05) is 0 Å². The zero-order chi connectivity index (χ0) is 9.90. The first-order valence-corrected chi connectivity index (χ1v) is 4.13. The molecule has 0 spiro atoms.